The van der Waals surface area contributed by atoms with Crippen molar-refractivity contribution in [1.82, 2.24) is 9.97 Å². The maximum absolute atomic E-state index is 11.5. The molecule has 0 unspecified atom stereocenters. The number of nitrogens with one attached hydrogen (secondary N) is 1. The Bertz CT molecular complexity index is 1060. The van der Waals surface area contributed by atoms with Crippen LogP contribution in [-0.2, 0) is 0 Å². The predicted molar refractivity (Wildman–Crippen MR) is 108 cm³/mol. The summed E-state index contributed by atoms with van der Waals surface area (Å²) in [6.07, 6.45) is 1.19. The Balaban J connectivity index is 2.08. The minimum Gasteiger partial charge on any atom is -0.478 e. The minimum absolute atomic E-state index is 0.104. The summed E-state index contributed by atoms with van der Waals surface area (Å²) in [6.45, 7) is 1.92. The van der Waals surface area contributed by atoms with E-state index in [4.69, 9.17) is 0 Å². The molecule has 27 heavy (non-hydrogen) atoms. The number of carboxylic acids is 1. The number of non-ortho nitro benzene ring substituents is 1. The Kier molecular flexibility index (Phi) is 5.31. The molecule has 0 atom stereocenters. The van der Waals surface area contributed by atoms with Crippen molar-refractivity contribution in [3.05, 3.63) is 73.5 Å². The first-order chi connectivity index (χ1) is 12.8. The number of benzene rings is 2. The second kappa shape index (κ2) is 7.66. The lowest BCUT2D eigenvalue weighted by Gasteiger charge is -2.11. The van der Waals surface area contributed by atoms with E-state index in [0.29, 0.717) is 5.56 Å². The van der Waals surface area contributed by atoms with Gasteiger partial charge in [0.15, 0.2) is 0 Å². The maximum Gasteiger partial charge on any atom is 0.339 e. The molecule has 0 aliphatic rings. The highest BCUT2D eigenvalue weighted by Crippen LogP contribution is 2.27. The summed E-state index contributed by atoms with van der Waals surface area (Å²) in [4.78, 5) is 30.4. The maximum atomic E-state index is 11.5. The molecule has 8 nitrogen and oxygen atoms in total. The standard InChI is InChI=1S/C18H13IN4O4/c1-10-5-6-12(19)8-15(10)21-18-20-9-14(17(24)25)16(22-18)11-3-2-4-13(7-11)23(26)27/h2-9H,1H3,(H,24,25)(H,20,21,22). The van der Waals surface area contributed by atoms with E-state index in [1.54, 1.807) is 6.07 Å². The Labute approximate surface area is 167 Å². The zero-order chi connectivity index (χ0) is 19.6. The van der Waals surface area contributed by atoms with Gasteiger partial charge in [0.05, 0.1) is 10.6 Å². The molecule has 0 fully saturated rings. The van der Waals surface area contributed by atoms with Crippen LogP contribution in [0.1, 0.15) is 15.9 Å². The fourth-order valence-electron chi connectivity index (χ4n) is 2.43. The van der Waals surface area contributed by atoms with Gasteiger partial charge in [-0.2, -0.15) is 0 Å². The molecule has 3 rings (SSSR count). The van der Waals surface area contributed by atoms with Crippen LogP contribution in [0.4, 0.5) is 17.3 Å². The number of aryl methyl sites for hydroxylation is 1. The van der Waals surface area contributed by atoms with Crippen molar-refractivity contribution >= 4 is 45.9 Å². The summed E-state index contributed by atoms with van der Waals surface area (Å²) in [7, 11) is 0. The second-order valence-electron chi connectivity index (χ2n) is 5.65. The molecule has 0 aliphatic carbocycles. The summed E-state index contributed by atoms with van der Waals surface area (Å²) in [5.41, 5.74) is 1.90. The molecule has 2 aromatic carbocycles. The van der Waals surface area contributed by atoms with Crippen molar-refractivity contribution in [3.8, 4) is 11.3 Å². The molecule has 0 radical (unpaired) electrons. The fraction of sp³-hybridized carbons (Fsp3) is 0.0556. The van der Waals surface area contributed by atoms with Gasteiger partial charge in [-0.25, -0.2) is 14.8 Å². The molecule has 0 aliphatic heterocycles. The summed E-state index contributed by atoms with van der Waals surface area (Å²) < 4.78 is 1.02. The quantitative estimate of drug-likeness (QED) is 0.318. The molecule has 0 spiro atoms. The number of aromatic nitrogens is 2. The van der Waals surface area contributed by atoms with Gasteiger partial charge < -0.3 is 10.4 Å². The lowest BCUT2D eigenvalue weighted by atomic mass is 10.1. The van der Waals surface area contributed by atoms with Crippen LogP contribution in [0.3, 0.4) is 0 Å². The van der Waals surface area contributed by atoms with Gasteiger partial charge in [0.1, 0.15) is 5.56 Å². The number of hydrogen-bond donors (Lipinski definition) is 2. The van der Waals surface area contributed by atoms with E-state index >= 15 is 0 Å². The minimum atomic E-state index is -1.21. The average molecular weight is 476 g/mol. The van der Waals surface area contributed by atoms with E-state index in [9.17, 15) is 20.0 Å². The summed E-state index contributed by atoms with van der Waals surface area (Å²) in [6, 6.07) is 11.5. The average Bonchev–Trinajstić information content (AvgIpc) is 2.64. The highest BCUT2D eigenvalue weighted by Gasteiger charge is 2.18. The van der Waals surface area contributed by atoms with E-state index in [2.05, 4.69) is 37.9 Å². The molecule has 0 saturated carbocycles. The number of nitro benzene ring substituents is 1. The molecule has 136 valence electrons. The van der Waals surface area contributed by atoms with Crippen LogP contribution < -0.4 is 5.32 Å². The Morgan fingerprint density at radius 1 is 1.26 bits per heavy atom. The highest BCUT2D eigenvalue weighted by molar-refractivity contribution is 14.1. The lowest BCUT2D eigenvalue weighted by molar-refractivity contribution is -0.384. The van der Waals surface area contributed by atoms with Gasteiger partial charge in [0.2, 0.25) is 5.95 Å². The van der Waals surface area contributed by atoms with Crippen LogP contribution >= 0.6 is 22.6 Å². The van der Waals surface area contributed by atoms with Crippen LogP contribution in [0.15, 0.2) is 48.7 Å². The van der Waals surface area contributed by atoms with Gasteiger partial charge in [-0.05, 0) is 47.2 Å². The molecule has 1 aromatic heterocycles. The molecule has 1 heterocycles. The third-order valence-corrected chi connectivity index (χ3v) is 4.47. The number of rotatable bonds is 5. The van der Waals surface area contributed by atoms with E-state index in [-0.39, 0.29) is 22.9 Å². The molecule has 9 heteroatoms. The molecular weight excluding hydrogens is 463 g/mol. The first-order valence-corrected chi connectivity index (χ1v) is 8.81. The lowest BCUT2D eigenvalue weighted by Crippen LogP contribution is -2.07. The van der Waals surface area contributed by atoms with Gasteiger partial charge in [0.25, 0.3) is 5.69 Å². The largest absolute Gasteiger partial charge is 0.478 e. The van der Waals surface area contributed by atoms with Crippen molar-refractivity contribution < 1.29 is 14.8 Å². The Morgan fingerprint density at radius 3 is 2.74 bits per heavy atom. The van der Waals surface area contributed by atoms with Crippen molar-refractivity contribution in [2.45, 2.75) is 6.92 Å². The van der Waals surface area contributed by atoms with Crippen molar-refractivity contribution in [3.63, 3.8) is 0 Å². The highest BCUT2D eigenvalue weighted by atomic mass is 127. The summed E-state index contributed by atoms with van der Waals surface area (Å²) in [5, 5.41) is 23.5. The van der Waals surface area contributed by atoms with Crippen molar-refractivity contribution in [1.29, 1.82) is 0 Å². The van der Waals surface area contributed by atoms with Gasteiger partial charge >= 0.3 is 5.97 Å². The number of aromatic carboxylic acids is 1. The SMILES string of the molecule is Cc1ccc(I)cc1Nc1ncc(C(=O)O)c(-c2cccc([N+](=O)[O-])c2)n1. The first kappa shape index (κ1) is 18.7. The topological polar surface area (TPSA) is 118 Å². The van der Waals surface area contributed by atoms with Gasteiger partial charge in [-0.1, -0.05) is 18.2 Å². The monoisotopic (exact) mass is 476 g/mol. The summed E-state index contributed by atoms with van der Waals surface area (Å²) in [5.74, 6) is -1.01. The molecule has 0 amide bonds. The van der Waals surface area contributed by atoms with Gasteiger partial charge in [-0.3, -0.25) is 10.1 Å². The molecule has 0 bridgehead atoms. The normalized spacial score (nSPS) is 10.4. The van der Waals surface area contributed by atoms with Gasteiger partial charge in [0, 0.05) is 33.2 Å². The van der Waals surface area contributed by atoms with Crippen LogP contribution in [-0.4, -0.2) is 26.0 Å². The molecule has 0 saturated heterocycles. The van der Waals surface area contributed by atoms with Crippen LogP contribution in [0.25, 0.3) is 11.3 Å². The smallest absolute Gasteiger partial charge is 0.339 e. The molecule has 2 N–H and O–H groups in total. The van der Waals surface area contributed by atoms with Crippen molar-refractivity contribution in [2.75, 3.05) is 5.32 Å². The number of anilines is 2. The van der Waals surface area contributed by atoms with E-state index in [1.807, 2.05) is 25.1 Å². The Hall–Kier alpha value is -3.08. The number of halogens is 1. The van der Waals surface area contributed by atoms with Crippen LogP contribution in [0, 0.1) is 20.6 Å². The summed E-state index contributed by atoms with van der Waals surface area (Å²) >= 11 is 2.18. The van der Waals surface area contributed by atoms with Crippen molar-refractivity contribution in [2.24, 2.45) is 0 Å². The number of nitro groups is 1. The Morgan fingerprint density at radius 2 is 2.04 bits per heavy atom. The zero-order valence-electron chi connectivity index (χ0n) is 14.0. The fourth-order valence-corrected chi connectivity index (χ4v) is 2.93. The first-order valence-electron chi connectivity index (χ1n) is 7.73. The molecule has 3 aromatic rings. The number of hydrogen-bond acceptors (Lipinski definition) is 6. The van der Waals surface area contributed by atoms with Gasteiger partial charge in [-0.15, -0.1) is 0 Å². The van der Waals surface area contributed by atoms with E-state index in [1.165, 1.54) is 24.4 Å². The van der Waals surface area contributed by atoms with E-state index < -0.39 is 10.9 Å². The third-order valence-electron chi connectivity index (χ3n) is 3.80. The number of carboxylic acid groups (broad SMARTS) is 1. The zero-order valence-corrected chi connectivity index (χ0v) is 16.2. The number of nitrogens with zero attached hydrogens (tertiary/aromatic N) is 3. The second-order valence-corrected chi connectivity index (χ2v) is 6.90. The predicted octanol–water partition coefficient (Wildman–Crippen LogP) is 4.41. The van der Waals surface area contributed by atoms with E-state index in [0.717, 1.165) is 14.8 Å². The van der Waals surface area contributed by atoms with Crippen LogP contribution in [0.2, 0.25) is 0 Å². The number of carbonyl (C=O) groups is 1. The molecular formula is C18H13IN4O4. The third kappa shape index (κ3) is 4.19. The van der Waals surface area contributed by atoms with Crippen LogP contribution in [0.5, 0.6) is 0 Å².